The van der Waals surface area contributed by atoms with Crippen molar-refractivity contribution in [2.75, 3.05) is 0 Å². The van der Waals surface area contributed by atoms with Crippen LogP contribution < -0.4 is 0 Å². The summed E-state index contributed by atoms with van der Waals surface area (Å²) in [5.41, 5.74) is -0.929. The van der Waals surface area contributed by atoms with E-state index in [4.69, 9.17) is 0 Å². The molecule has 0 aliphatic rings. The van der Waals surface area contributed by atoms with Crippen molar-refractivity contribution in [1.29, 1.82) is 0 Å². The van der Waals surface area contributed by atoms with Gasteiger partial charge in [-0.3, -0.25) is 9.78 Å². The Bertz CT molecular complexity index is 639. The van der Waals surface area contributed by atoms with Crippen LogP contribution in [0.25, 0.3) is 0 Å². The lowest BCUT2D eigenvalue weighted by atomic mass is 9.94. The molecule has 2 heterocycles. The van der Waals surface area contributed by atoms with Gasteiger partial charge in [0.2, 0.25) is 5.95 Å². The molecule has 0 bridgehead atoms. The smallest absolute Gasteiger partial charge is 0.433 e. The Morgan fingerprint density at radius 1 is 1.05 bits per heavy atom. The van der Waals surface area contributed by atoms with Gasteiger partial charge in [0.15, 0.2) is 0 Å². The highest BCUT2D eigenvalue weighted by Crippen LogP contribution is 2.30. The Balaban J connectivity index is 2.39. The first-order valence-corrected chi connectivity index (χ1v) is 5.66. The first-order valence-electron chi connectivity index (χ1n) is 5.66. The maximum absolute atomic E-state index is 12.7. The number of alkyl halides is 3. The van der Waals surface area contributed by atoms with Crippen LogP contribution >= 0.6 is 0 Å². The van der Waals surface area contributed by atoms with Crippen LogP contribution in [0.2, 0.25) is 0 Å². The van der Waals surface area contributed by atoms with Gasteiger partial charge in [0.05, 0.1) is 0 Å². The Morgan fingerprint density at radius 2 is 1.62 bits per heavy atom. The van der Waals surface area contributed by atoms with Crippen LogP contribution in [-0.2, 0) is 11.0 Å². The molecule has 0 radical (unpaired) electrons. The van der Waals surface area contributed by atoms with E-state index < -0.39 is 29.7 Å². The van der Waals surface area contributed by atoms with E-state index in [0.29, 0.717) is 6.07 Å². The largest absolute Gasteiger partial charge is 0.481 e. The van der Waals surface area contributed by atoms with Gasteiger partial charge in [-0.25, -0.2) is 4.98 Å². The number of carboxylic acid groups (broad SMARTS) is 1. The van der Waals surface area contributed by atoms with E-state index in [0.717, 1.165) is 24.5 Å². The van der Waals surface area contributed by atoms with Gasteiger partial charge < -0.3 is 5.11 Å². The molecular weight excluding hydrogens is 292 g/mol. The van der Waals surface area contributed by atoms with E-state index in [2.05, 4.69) is 9.97 Å². The van der Waals surface area contributed by atoms with Crippen LogP contribution in [0.1, 0.15) is 22.7 Å². The molecule has 0 spiro atoms. The summed E-state index contributed by atoms with van der Waals surface area (Å²) in [7, 11) is 0. The summed E-state index contributed by atoms with van der Waals surface area (Å²) >= 11 is 0. The van der Waals surface area contributed by atoms with Crippen molar-refractivity contribution >= 4 is 5.97 Å². The molecule has 21 heavy (non-hydrogen) atoms. The molecule has 4 nitrogen and oxygen atoms in total. The van der Waals surface area contributed by atoms with Crippen LogP contribution in [0, 0.1) is 5.95 Å². The van der Waals surface area contributed by atoms with Gasteiger partial charge in [0.25, 0.3) is 0 Å². The first kappa shape index (κ1) is 14.9. The van der Waals surface area contributed by atoms with Crippen molar-refractivity contribution < 1.29 is 27.5 Å². The van der Waals surface area contributed by atoms with E-state index in [1.807, 2.05) is 0 Å². The Labute approximate surface area is 116 Å². The molecule has 8 heteroatoms. The van der Waals surface area contributed by atoms with Crippen LogP contribution in [0.5, 0.6) is 0 Å². The van der Waals surface area contributed by atoms with Crippen LogP contribution in [0.3, 0.4) is 0 Å². The van der Waals surface area contributed by atoms with E-state index in [9.17, 15) is 27.5 Å². The molecule has 2 aromatic rings. The highest BCUT2D eigenvalue weighted by Gasteiger charge is 2.33. The fourth-order valence-corrected chi connectivity index (χ4v) is 1.78. The van der Waals surface area contributed by atoms with E-state index >= 15 is 0 Å². The minimum absolute atomic E-state index is 0.0453. The third kappa shape index (κ3) is 3.33. The summed E-state index contributed by atoms with van der Waals surface area (Å²) < 4.78 is 50.0. The van der Waals surface area contributed by atoms with Gasteiger partial charge in [-0.1, -0.05) is 12.1 Å². The second-order valence-corrected chi connectivity index (χ2v) is 4.16. The highest BCUT2D eigenvalue weighted by molar-refractivity contribution is 5.80. The second kappa shape index (κ2) is 5.47. The van der Waals surface area contributed by atoms with Crippen LogP contribution in [0.4, 0.5) is 17.6 Å². The van der Waals surface area contributed by atoms with Gasteiger partial charge in [0.1, 0.15) is 11.6 Å². The standard InChI is InChI=1S/C13H8F4N2O2/c14-10-4-2-8(6-19-10)11(12(20)21)7-1-3-9(18-5-7)13(15,16)17/h1-6,11H,(H,20,21). The molecule has 0 amide bonds. The SMILES string of the molecule is O=C(O)C(c1ccc(F)nc1)c1ccc(C(F)(F)F)nc1. The van der Waals surface area contributed by atoms with Crippen molar-refractivity contribution in [2.45, 2.75) is 12.1 Å². The van der Waals surface area contributed by atoms with Crippen LogP contribution in [0.15, 0.2) is 36.7 Å². The maximum atomic E-state index is 12.7. The summed E-state index contributed by atoms with van der Waals surface area (Å²) in [6, 6.07) is 3.90. The summed E-state index contributed by atoms with van der Waals surface area (Å²) in [5, 5.41) is 9.21. The van der Waals surface area contributed by atoms with Gasteiger partial charge in [-0.15, -0.1) is 0 Å². The number of pyridine rings is 2. The predicted molar refractivity (Wildman–Crippen MR) is 62.9 cm³/mol. The second-order valence-electron chi connectivity index (χ2n) is 4.16. The monoisotopic (exact) mass is 300 g/mol. The molecule has 2 rings (SSSR count). The average molecular weight is 300 g/mol. The number of carboxylic acids is 1. The molecule has 2 aromatic heterocycles. The Morgan fingerprint density at radius 3 is 2.00 bits per heavy atom. The average Bonchev–Trinajstić information content (AvgIpc) is 2.40. The van der Waals surface area contributed by atoms with Gasteiger partial charge >= 0.3 is 12.1 Å². The number of nitrogens with zero attached hydrogens (tertiary/aromatic N) is 2. The molecule has 0 saturated heterocycles. The Hall–Kier alpha value is -2.51. The number of hydrogen-bond donors (Lipinski definition) is 1. The molecule has 0 fully saturated rings. The first-order chi connectivity index (χ1) is 9.79. The third-order valence-corrected chi connectivity index (χ3v) is 2.74. The number of aliphatic carboxylic acids is 1. The number of rotatable bonds is 3. The Kier molecular flexibility index (Phi) is 3.88. The molecule has 1 N–H and O–H groups in total. The van der Waals surface area contributed by atoms with Crippen molar-refractivity contribution in [3.05, 3.63) is 59.4 Å². The van der Waals surface area contributed by atoms with E-state index in [1.54, 1.807) is 0 Å². The summed E-state index contributed by atoms with van der Waals surface area (Å²) in [4.78, 5) is 17.8. The minimum atomic E-state index is -4.60. The third-order valence-electron chi connectivity index (χ3n) is 2.74. The zero-order valence-corrected chi connectivity index (χ0v) is 10.3. The summed E-state index contributed by atoms with van der Waals surface area (Å²) in [5.74, 6) is -3.36. The number of halogens is 4. The number of aromatic nitrogens is 2. The number of carbonyl (C=O) groups is 1. The summed E-state index contributed by atoms with van der Waals surface area (Å²) in [6.45, 7) is 0. The minimum Gasteiger partial charge on any atom is -0.481 e. The van der Waals surface area contributed by atoms with E-state index in [-0.39, 0.29) is 11.1 Å². The zero-order valence-electron chi connectivity index (χ0n) is 10.3. The highest BCUT2D eigenvalue weighted by atomic mass is 19.4. The molecular formula is C13H8F4N2O2. The van der Waals surface area contributed by atoms with Crippen molar-refractivity contribution in [3.63, 3.8) is 0 Å². The van der Waals surface area contributed by atoms with Crippen molar-refractivity contribution in [3.8, 4) is 0 Å². The van der Waals surface area contributed by atoms with Crippen LogP contribution in [-0.4, -0.2) is 21.0 Å². The van der Waals surface area contributed by atoms with E-state index in [1.165, 1.54) is 6.07 Å². The fraction of sp³-hybridized carbons (Fsp3) is 0.154. The lowest BCUT2D eigenvalue weighted by Gasteiger charge is -2.13. The molecule has 0 aliphatic carbocycles. The maximum Gasteiger partial charge on any atom is 0.433 e. The quantitative estimate of drug-likeness (QED) is 0.699. The summed E-state index contributed by atoms with van der Waals surface area (Å²) in [6.07, 6.45) is -2.74. The molecule has 0 aliphatic heterocycles. The normalized spacial score (nSPS) is 13.0. The lowest BCUT2D eigenvalue weighted by molar-refractivity contribution is -0.141. The zero-order chi connectivity index (χ0) is 15.6. The van der Waals surface area contributed by atoms with Crippen molar-refractivity contribution in [1.82, 2.24) is 9.97 Å². The number of hydrogen-bond acceptors (Lipinski definition) is 3. The molecule has 1 atom stereocenters. The fourth-order valence-electron chi connectivity index (χ4n) is 1.78. The molecule has 1 unspecified atom stereocenters. The topological polar surface area (TPSA) is 63.1 Å². The predicted octanol–water partition coefficient (Wildman–Crippen LogP) is 2.85. The van der Waals surface area contributed by atoms with Gasteiger partial charge in [0, 0.05) is 12.4 Å². The molecule has 0 aromatic carbocycles. The van der Waals surface area contributed by atoms with Gasteiger partial charge in [-0.05, 0) is 23.3 Å². The lowest BCUT2D eigenvalue weighted by Crippen LogP contribution is -2.15. The molecule has 0 saturated carbocycles. The molecule has 110 valence electrons. The van der Waals surface area contributed by atoms with Crippen molar-refractivity contribution in [2.24, 2.45) is 0 Å². The van der Waals surface area contributed by atoms with Gasteiger partial charge in [-0.2, -0.15) is 17.6 Å².